The zero-order valence-electron chi connectivity index (χ0n) is 13.4. The summed E-state index contributed by atoms with van der Waals surface area (Å²) in [5, 5.41) is 11.8. The first-order chi connectivity index (χ1) is 11.3. The number of hydrogen-bond acceptors (Lipinski definition) is 6. The van der Waals surface area contributed by atoms with Crippen molar-refractivity contribution in [2.45, 2.75) is 38.9 Å². The van der Waals surface area contributed by atoms with Crippen molar-refractivity contribution < 1.29 is 29.0 Å². The fraction of sp³-hybridized carbons (Fsp3) is 0.353. The topological polar surface area (TPSA) is 89.9 Å². The minimum Gasteiger partial charge on any atom is -0.481 e. The molecule has 0 bridgehead atoms. The zero-order chi connectivity index (χ0) is 17.7. The molecule has 1 aliphatic rings. The monoisotopic (exact) mass is 350 g/mol. The number of aryl methyl sites for hydroxylation is 1. The molecule has 0 atom stereocenters. The molecule has 0 saturated carbocycles. The van der Waals surface area contributed by atoms with Gasteiger partial charge in [-0.05, 0) is 28.8 Å². The molecule has 128 valence electrons. The summed E-state index contributed by atoms with van der Waals surface area (Å²) in [5.41, 5.74) is 1.15. The first kappa shape index (κ1) is 17.9. The van der Waals surface area contributed by atoms with Crippen LogP contribution in [0, 0.1) is 0 Å². The third-order valence-corrected chi connectivity index (χ3v) is 4.19. The Balaban J connectivity index is 0.000000185. The van der Waals surface area contributed by atoms with E-state index in [1.165, 1.54) is 23.9 Å². The minimum atomic E-state index is -1.08. The number of aliphatic carboxylic acids is 1. The quantitative estimate of drug-likeness (QED) is 0.676. The molecule has 1 aliphatic heterocycles. The molecule has 0 spiro atoms. The number of carboxylic acid groups (broad SMARTS) is 1. The summed E-state index contributed by atoms with van der Waals surface area (Å²) in [6.07, 6.45) is 0.559. The number of carbonyl (C=O) groups excluding carboxylic acids is 2. The van der Waals surface area contributed by atoms with Crippen molar-refractivity contribution in [2.24, 2.45) is 0 Å². The molecule has 24 heavy (non-hydrogen) atoms. The van der Waals surface area contributed by atoms with Crippen molar-refractivity contribution in [2.75, 3.05) is 0 Å². The summed E-state index contributed by atoms with van der Waals surface area (Å²) in [7, 11) is 0. The Kier molecular flexibility index (Phi) is 5.56. The first-order valence-electron chi connectivity index (χ1n) is 7.37. The van der Waals surface area contributed by atoms with Gasteiger partial charge in [-0.15, -0.1) is 11.3 Å². The van der Waals surface area contributed by atoms with Gasteiger partial charge in [-0.3, -0.25) is 14.4 Å². The highest BCUT2D eigenvalue weighted by Crippen LogP contribution is 2.26. The van der Waals surface area contributed by atoms with Crippen LogP contribution in [0.3, 0.4) is 0 Å². The number of benzene rings is 1. The van der Waals surface area contributed by atoms with Crippen LogP contribution in [0.4, 0.5) is 0 Å². The number of fused-ring (bicyclic) bond motifs is 1. The summed E-state index contributed by atoms with van der Waals surface area (Å²) in [6, 6.07) is 8.09. The van der Waals surface area contributed by atoms with E-state index in [-0.39, 0.29) is 12.8 Å². The van der Waals surface area contributed by atoms with E-state index in [1.807, 2.05) is 23.6 Å². The number of ether oxygens (including phenoxy) is 2. The van der Waals surface area contributed by atoms with Crippen LogP contribution in [0.2, 0.25) is 0 Å². The van der Waals surface area contributed by atoms with Gasteiger partial charge >= 0.3 is 17.9 Å². The molecule has 2 aromatic rings. The maximum absolute atomic E-state index is 10.6. The normalized spacial score (nSPS) is 15.9. The average Bonchev–Trinajstić information content (AvgIpc) is 2.86. The smallest absolute Gasteiger partial charge is 0.320 e. The molecule has 0 unspecified atom stereocenters. The second-order valence-electron chi connectivity index (χ2n) is 5.68. The molecule has 0 amide bonds. The van der Waals surface area contributed by atoms with E-state index < -0.39 is 23.7 Å². The van der Waals surface area contributed by atoms with Gasteiger partial charge in [0.1, 0.15) is 6.42 Å². The minimum absolute atomic E-state index is 0.209. The van der Waals surface area contributed by atoms with Gasteiger partial charge in [-0.25, -0.2) is 0 Å². The fourth-order valence-corrected chi connectivity index (χ4v) is 3.22. The molecule has 2 heterocycles. The predicted molar refractivity (Wildman–Crippen MR) is 88.7 cm³/mol. The number of hydrogen-bond donors (Lipinski definition) is 1. The number of cyclic esters (lactones) is 2. The molecule has 1 aromatic carbocycles. The number of rotatable bonds is 3. The molecule has 0 aliphatic carbocycles. The van der Waals surface area contributed by atoms with Gasteiger partial charge in [0, 0.05) is 25.0 Å². The molecule has 6 nitrogen and oxygen atoms in total. The van der Waals surface area contributed by atoms with Crippen molar-refractivity contribution in [1.82, 2.24) is 0 Å². The van der Waals surface area contributed by atoms with E-state index in [0.717, 1.165) is 5.56 Å². The van der Waals surface area contributed by atoms with E-state index in [9.17, 15) is 14.4 Å². The lowest BCUT2D eigenvalue weighted by Crippen LogP contribution is -2.39. The maximum Gasteiger partial charge on any atom is 0.320 e. The van der Waals surface area contributed by atoms with Crippen molar-refractivity contribution in [3.8, 4) is 0 Å². The number of carbonyl (C=O) groups is 3. The Morgan fingerprint density at radius 2 is 1.83 bits per heavy atom. The van der Waals surface area contributed by atoms with Crippen LogP contribution < -0.4 is 0 Å². The van der Waals surface area contributed by atoms with Gasteiger partial charge in [0.05, 0.1) is 0 Å². The van der Waals surface area contributed by atoms with Gasteiger partial charge in [-0.1, -0.05) is 18.2 Å². The zero-order valence-corrected chi connectivity index (χ0v) is 14.2. The molecule has 1 N–H and O–H groups in total. The number of thiophene rings is 1. The van der Waals surface area contributed by atoms with Crippen LogP contribution in [0.5, 0.6) is 0 Å². The second-order valence-corrected chi connectivity index (χ2v) is 6.59. The molecule has 0 radical (unpaired) electrons. The van der Waals surface area contributed by atoms with Crippen LogP contribution in [-0.2, 0) is 30.3 Å². The SMILES string of the molecule is CC1(C)OC(=O)CC(=O)O1.O=C(O)CCc1csc2ccccc12. The summed E-state index contributed by atoms with van der Waals surface area (Å²) in [4.78, 5) is 31.6. The first-order valence-corrected chi connectivity index (χ1v) is 8.25. The molecule has 1 aromatic heterocycles. The van der Waals surface area contributed by atoms with Crippen LogP contribution in [0.1, 0.15) is 32.3 Å². The van der Waals surface area contributed by atoms with E-state index in [1.54, 1.807) is 11.3 Å². The molecule has 1 fully saturated rings. The maximum atomic E-state index is 10.6. The fourth-order valence-electron chi connectivity index (χ4n) is 2.23. The van der Waals surface area contributed by atoms with Crippen LogP contribution in [0.25, 0.3) is 10.1 Å². The van der Waals surface area contributed by atoms with Gasteiger partial charge in [0.15, 0.2) is 0 Å². The van der Waals surface area contributed by atoms with Gasteiger partial charge in [0.2, 0.25) is 0 Å². The third-order valence-electron chi connectivity index (χ3n) is 3.18. The number of esters is 2. The third kappa shape index (κ3) is 5.06. The Morgan fingerprint density at radius 3 is 2.42 bits per heavy atom. The highest BCUT2D eigenvalue weighted by Gasteiger charge is 2.34. The summed E-state index contributed by atoms with van der Waals surface area (Å²) in [5.74, 6) is -2.87. The molecular weight excluding hydrogens is 332 g/mol. The van der Waals surface area contributed by atoms with Crippen molar-refractivity contribution >= 4 is 39.3 Å². The summed E-state index contributed by atoms with van der Waals surface area (Å²) >= 11 is 1.67. The Bertz CT molecular complexity index is 743. The average molecular weight is 350 g/mol. The van der Waals surface area contributed by atoms with Gasteiger partial charge < -0.3 is 14.6 Å². The lowest BCUT2D eigenvalue weighted by molar-refractivity contribution is -0.231. The van der Waals surface area contributed by atoms with Gasteiger partial charge in [-0.2, -0.15) is 0 Å². The Labute approximate surface area is 143 Å². The van der Waals surface area contributed by atoms with Crippen molar-refractivity contribution in [1.29, 1.82) is 0 Å². The molecule has 1 saturated heterocycles. The van der Waals surface area contributed by atoms with E-state index >= 15 is 0 Å². The van der Waals surface area contributed by atoms with Crippen molar-refractivity contribution in [3.63, 3.8) is 0 Å². The highest BCUT2D eigenvalue weighted by molar-refractivity contribution is 7.17. The van der Waals surface area contributed by atoms with E-state index in [4.69, 9.17) is 5.11 Å². The standard InChI is InChI=1S/C11H10O2S.C6H8O4/c12-11(13)6-5-8-7-14-10-4-2-1-3-9(8)10;1-6(2)9-4(7)3-5(8)10-6/h1-4,7H,5-6H2,(H,12,13);3H2,1-2H3. The van der Waals surface area contributed by atoms with Crippen LogP contribution >= 0.6 is 11.3 Å². The Morgan fingerprint density at radius 1 is 1.21 bits per heavy atom. The van der Waals surface area contributed by atoms with Crippen molar-refractivity contribution in [3.05, 3.63) is 35.2 Å². The summed E-state index contributed by atoms with van der Waals surface area (Å²) < 4.78 is 10.6. The highest BCUT2D eigenvalue weighted by atomic mass is 32.1. The lowest BCUT2D eigenvalue weighted by atomic mass is 10.1. The second kappa shape index (κ2) is 7.44. The molecule has 3 rings (SSSR count). The molecular formula is C17H18O6S. The lowest BCUT2D eigenvalue weighted by Gasteiger charge is -2.28. The predicted octanol–water partition coefficient (Wildman–Crippen LogP) is 3.13. The van der Waals surface area contributed by atoms with E-state index in [0.29, 0.717) is 6.42 Å². The van der Waals surface area contributed by atoms with Gasteiger partial charge in [0.25, 0.3) is 5.79 Å². The summed E-state index contributed by atoms with van der Waals surface area (Å²) in [6.45, 7) is 3.03. The Hall–Kier alpha value is -2.41. The largest absolute Gasteiger partial charge is 0.481 e. The number of carboxylic acids is 1. The van der Waals surface area contributed by atoms with E-state index in [2.05, 4.69) is 15.5 Å². The van der Waals surface area contributed by atoms with Crippen LogP contribution in [-0.4, -0.2) is 28.8 Å². The molecule has 7 heteroatoms. The van der Waals surface area contributed by atoms with Crippen LogP contribution in [0.15, 0.2) is 29.6 Å².